The number of amides is 2. The Balaban J connectivity index is 0.00000240. The third-order valence-corrected chi connectivity index (χ3v) is 5.47. The number of hydrogen-bond acceptors (Lipinski definition) is 7. The molecule has 0 spiro atoms. The Morgan fingerprint density at radius 1 is 1.17 bits per heavy atom. The molecular weight excluding hydrogens is 434 g/mol. The van der Waals surface area contributed by atoms with Crippen LogP contribution < -0.4 is 10.2 Å². The minimum absolute atomic E-state index is 0. The summed E-state index contributed by atoms with van der Waals surface area (Å²) in [5.74, 6) is -1.33. The molecule has 0 atom stereocenters. The summed E-state index contributed by atoms with van der Waals surface area (Å²) < 4.78 is 38.7. The Labute approximate surface area is 210 Å². The van der Waals surface area contributed by atoms with Crippen LogP contribution in [0.25, 0.3) is 17.1 Å². The van der Waals surface area contributed by atoms with Crippen molar-refractivity contribution in [3.63, 3.8) is 0 Å². The van der Waals surface area contributed by atoms with Gasteiger partial charge in [0.15, 0.2) is 5.82 Å². The predicted octanol–water partition coefficient (Wildman–Crippen LogP) is 2.75. The first-order valence-corrected chi connectivity index (χ1v) is 9.31. The van der Waals surface area contributed by atoms with Crippen molar-refractivity contribution in [2.24, 2.45) is 5.92 Å². The second-order valence-electron chi connectivity index (χ2n) is 6.46. The van der Waals surface area contributed by atoms with E-state index in [1.54, 1.807) is 17.0 Å². The Hall–Kier alpha value is -1.05. The molecule has 0 unspecified atom stereocenters. The monoisotopic (exact) mass is 448 g/mol. The Morgan fingerprint density at radius 2 is 1.90 bits per heavy atom. The molecule has 12 heteroatoms. The minimum atomic E-state index is -4.19. The van der Waals surface area contributed by atoms with Crippen LogP contribution in [0.15, 0.2) is 23.4 Å². The number of carbonyl (C=O) groups excluding carboxylic acids is 2. The molecule has 4 rings (SSSR count). The fourth-order valence-electron chi connectivity index (χ4n) is 3.23. The van der Waals surface area contributed by atoms with Crippen LogP contribution in [0, 0.1) is 5.92 Å². The van der Waals surface area contributed by atoms with E-state index in [9.17, 15) is 22.8 Å². The van der Waals surface area contributed by atoms with E-state index in [-0.39, 0.29) is 82.2 Å². The van der Waals surface area contributed by atoms with Gasteiger partial charge in [-0.1, -0.05) is 0 Å². The summed E-state index contributed by atoms with van der Waals surface area (Å²) in [5, 5.41) is 1.72. The van der Waals surface area contributed by atoms with Gasteiger partial charge in [-0.3, -0.25) is 14.9 Å². The SMILES string of the molecule is O=C1NC(=O)/C(=C/c2ccc3ncnc(N4CCC(C(F)(F)F)CC4)c3n2)S1.[K]. The van der Waals surface area contributed by atoms with Gasteiger partial charge >= 0.3 is 6.18 Å². The van der Waals surface area contributed by atoms with E-state index in [1.165, 1.54) is 12.4 Å². The van der Waals surface area contributed by atoms with Crippen LogP contribution >= 0.6 is 11.8 Å². The third kappa shape index (κ3) is 4.99. The maximum Gasteiger partial charge on any atom is 0.391 e. The van der Waals surface area contributed by atoms with E-state index in [1.807, 2.05) is 0 Å². The summed E-state index contributed by atoms with van der Waals surface area (Å²) in [4.78, 5) is 37.8. The number of anilines is 1. The van der Waals surface area contributed by atoms with E-state index in [0.717, 1.165) is 11.8 Å². The number of aromatic nitrogens is 3. The van der Waals surface area contributed by atoms with E-state index < -0.39 is 23.2 Å². The molecule has 2 aliphatic heterocycles. The molecule has 2 amide bonds. The number of piperidine rings is 1. The van der Waals surface area contributed by atoms with Crippen molar-refractivity contribution in [3.05, 3.63) is 29.1 Å². The molecule has 2 aromatic heterocycles. The van der Waals surface area contributed by atoms with Crippen molar-refractivity contribution < 1.29 is 22.8 Å². The standard InChI is InChI=1S/C17H14F3N5O2S.K/c18-17(19,20)9-3-5-25(6-4-9)14-13-11(21-8-22-14)2-1-10(23-13)7-12-15(26)24-16(27)28-12;/h1-2,7-9H,3-6H2,(H,24,26,27);/b12-7-;. The smallest absolute Gasteiger partial charge is 0.355 e. The molecule has 2 fully saturated rings. The average Bonchev–Trinajstić information content (AvgIpc) is 2.97. The topological polar surface area (TPSA) is 88.1 Å². The first kappa shape index (κ1) is 22.6. The van der Waals surface area contributed by atoms with Crippen molar-refractivity contribution in [1.29, 1.82) is 0 Å². The summed E-state index contributed by atoms with van der Waals surface area (Å²) in [6, 6.07) is 3.35. The van der Waals surface area contributed by atoms with Gasteiger partial charge in [0.1, 0.15) is 11.8 Å². The van der Waals surface area contributed by atoms with Gasteiger partial charge in [0, 0.05) is 64.5 Å². The third-order valence-electron chi connectivity index (χ3n) is 4.66. The zero-order valence-corrected chi connectivity index (χ0v) is 19.3. The second-order valence-corrected chi connectivity index (χ2v) is 7.47. The van der Waals surface area contributed by atoms with Gasteiger partial charge in [0.05, 0.1) is 22.0 Å². The van der Waals surface area contributed by atoms with Crippen LogP contribution in [0.5, 0.6) is 0 Å². The van der Waals surface area contributed by atoms with Crippen LogP contribution in [0.3, 0.4) is 0 Å². The van der Waals surface area contributed by atoms with E-state index in [2.05, 4.69) is 20.3 Å². The zero-order chi connectivity index (χ0) is 19.9. The summed E-state index contributed by atoms with van der Waals surface area (Å²) in [5.41, 5.74) is 1.42. The van der Waals surface area contributed by atoms with Gasteiger partial charge in [0.25, 0.3) is 11.1 Å². The van der Waals surface area contributed by atoms with Crippen LogP contribution in [0.1, 0.15) is 18.5 Å². The molecule has 0 bridgehead atoms. The van der Waals surface area contributed by atoms with Gasteiger partial charge < -0.3 is 4.90 Å². The van der Waals surface area contributed by atoms with Crippen LogP contribution in [-0.2, 0) is 4.79 Å². The molecule has 0 aliphatic carbocycles. The first-order valence-electron chi connectivity index (χ1n) is 8.49. The van der Waals surface area contributed by atoms with E-state index in [4.69, 9.17) is 0 Å². The molecular formula is C17H14F3KN5O2S. The molecule has 2 saturated heterocycles. The van der Waals surface area contributed by atoms with Gasteiger partial charge in [-0.25, -0.2) is 15.0 Å². The number of rotatable bonds is 2. The number of nitrogens with zero attached hydrogens (tertiary/aromatic N) is 4. The summed E-state index contributed by atoms with van der Waals surface area (Å²) >= 11 is 0.782. The molecule has 0 saturated carbocycles. The van der Waals surface area contributed by atoms with Crippen molar-refractivity contribution in [1.82, 2.24) is 20.3 Å². The molecule has 1 N–H and O–H groups in total. The predicted molar refractivity (Wildman–Crippen MR) is 103 cm³/mol. The molecule has 2 aromatic rings. The quantitative estimate of drug-likeness (QED) is 0.558. The van der Waals surface area contributed by atoms with Crippen LogP contribution in [0.4, 0.5) is 23.8 Å². The fourth-order valence-corrected chi connectivity index (χ4v) is 3.90. The molecule has 0 aromatic carbocycles. The number of alkyl halides is 3. The molecule has 147 valence electrons. The molecule has 2 aliphatic rings. The number of hydrogen-bond donors (Lipinski definition) is 1. The summed E-state index contributed by atoms with van der Waals surface area (Å²) in [6.07, 6.45) is -1.35. The maximum atomic E-state index is 12.9. The van der Waals surface area contributed by atoms with Crippen molar-refractivity contribution >= 4 is 97.2 Å². The minimum Gasteiger partial charge on any atom is -0.355 e. The average molecular weight is 448 g/mol. The van der Waals surface area contributed by atoms with Gasteiger partial charge in [0.2, 0.25) is 0 Å². The van der Waals surface area contributed by atoms with Crippen molar-refractivity contribution in [2.45, 2.75) is 19.0 Å². The Morgan fingerprint density at radius 3 is 2.52 bits per heavy atom. The first-order chi connectivity index (χ1) is 13.3. The number of halogens is 3. The molecule has 29 heavy (non-hydrogen) atoms. The van der Waals surface area contributed by atoms with Gasteiger partial charge in [-0.2, -0.15) is 13.2 Å². The van der Waals surface area contributed by atoms with Gasteiger partial charge in [-0.05, 0) is 42.8 Å². The molecule has 1 radical (unpaired) electrons. The fraction of sp³-hybridized carbons (Fsp3) is 0.353. The number of pyridine rings is 1. The van der Waals surface area contributed by atoms with E-state index in [0.29, 0.717) is 22.5 Å². The normalized spacial score (nSPS) is 19.6. The molecule has 7 nitrogen and oxygen atoms in total. The summed E-state index contributed by atoms with van der Waals surface area (Å²) in [7, 11) is 0. The number of carbonyl (C=O) groups is 2. The zero-order valence-electron chi connectivity index (χ0n) is 15.4. The maximum absolute atomic E-state index is 12.9. The number of nitrogens with one attached hydrogen (secondary N) is 1. The number of thioether (sulfide) groups is 1. The largest absolute Gasteiger partial charge is 0.391 e. The second kappa shape index (κ2) is 8.98. The number of fused-ring (bicyclic) bond motifs is 1. The number of imide groups is 1. The Bertz CT molecular complexity index is 993. The summed E-state index contributed by atoms with van der Waals surface area (Å²) in [6.45, 7) is 0.437. The van der Waals surface area contributed by atoms with Crippen molar-refractivity contribution in [2.75, 3.05) is 18.0 Å². The van der Waals surface area contributed by atoms with E-state index >= 15 is 0 Å². The Kier molecular flexibility index (Phi) is 7.01. The van der Waals surface area contributed by atoms with Crippen LogP contribution in [0.2, 0.25) is 0 Å². The molecule has 4 heterocycles. The van der Waals surface area contributed by atoms with Crippen molar-refractivity contribution in [3.8, 4) is 0 Å². The van der Waals surface area contributed by atoms with Gasteiger partial charge in [-0.15, -0.1) is 0 Å². The van der Waals surface area contributed by atoms with Crippen LogP contribution in [-0.4, -0.2) is 96.7 Å².